The fourth-order valence-corrected chi connectivity index (χ4v) is 3.02. The molecule has 1 saturated heterocycles. The highest BCUT2D eigenvalue weighted by molar-refractivity contribution is 7.84. The first-order valence-electron chi connectivity index (χ1n) is 5.36. The fourth-order valence-electron chi connectivity index (χ4n) is 1.64. The van der Waals surface area contributed by atoms with Crippen molar-refractivity contribution >= 4 is 10.8 Å². The SMILES string of the molecule is O=S(CCCn1ccnc1)CC1CNC1. The molecular weight excluding hydrogens is 210 g/mol. The molecule has 4 nitrogen and oxygen atoms in total. The largest absolute Gasteiger partial charge is 0.337 e. The predicted molar refractivity (Wildman–Crippen MR) is 61.1 cm³/mol. The minimum Gasteiger partial charge on any atom is -0.337 e. The van der Waals surface area contributed by atoms with E-state index in [-0.39, 0.29) is 0 Å². The first-order valence-corrected chi connectivity index (χ1v) is 6.85. The maximum atomic E-state index is 11.6. The summed E-state index contributed by atoms with van der Waals surface area (Å²) in [4.78, 5) is 3.97. The van der Waals surface area contributed by atoms with Gasteiger partial charge in [0.1, 0.15) is 0 Å². The van der Waals surface area contributed by atoms with E-state index in [1.165, 1.54) is 0 Å². The molecule has 0 amide bonds. The van der Waals surface area contributed by atoms with Crippen LogP contribution in [0.3, 0.4) is 0 Å². The monoisotopic (exact) mass is 227 g/mol. The second-order valence-electron chi connectivity index (χ2n) is 3.99. The Labute approximate surface area is 92.5 Å². The molecule has 0 aliphatic carbocycles. The van der Waals surface area contributed by atoms with Crippen molar-refractivity contribution in [2.45, 2.75) is 13.0 Å². The van der Waals surface area contributed by atoms with Gasteiger partial charge in [0.15, 0.2) is 0 Å². The number of aryl methyl sites for hydroxylation is 1. The van der Waals surface area contributed by atoms with Crippen LogP contribution in [0, 0.1) is 5.92 Å². The Hall–Kier alpha value is -0.680. The average molecular weight is 227 g/mol. The van der Waals surface area contributed by atoms with Gasteiger partial charge in [-0.2, -0.15) is 0 Å². The van der Waals surface area contributed by atoms with E-state index in [2.05, 4.69) is 10.3 Å². The first-order chi connectivity index (χ1) is 7.34. The third kappa shape index (κ3) is 3.43. The van der Waals surface area contributed by atoms with Crippen LogP contribution in [0.15, 0.2) is 18.7 Å². The maximum Gasteiger partial charge on any atom is 0.0945 e. The molecule has 1 aliphatic rings. The van der Waals surface area contributed by atoms with E-state index in [9.17, 15) is 4.21 Å². The molecule has 1 aromatic heterocycles. The van der Waals surface area contributed by atoms with E-state index >= 15 is 0 Å². The van der Waals surface area contributed by atoms with Crippen molar-refractivity contribution in [1.29, 1.82) is 0 Å². The van der Waals surface area contributed by atoms with Gasteiger partial charge in [-0.05, 0) is 12.3 Å². The summed E-state index contributed by atoms with van der Waals surface area (Å²) in [6, 6.07) is 0. The normalized spacial score (nSPS) is 18.7. The Morgan fingerprint density at radius 1 is 1.53 bits per heavy atom. The van der Waals surface area contributed by atoms with Gasteiger partial charge >= 0.3 is 0 Å². The lowest BCUT2D eigenvalue weighted by molar-refractivity contribution is 0.382. The van der Waals surface area contributed by atoms with Gasteiger partial charge < -0.3 is 9.88 Å². The molecule has 1 fully saturated rings. The molecule has 1 aromatic rings. The van der Waals surface area contributed by atoms with E-state index in [4.69, 9.17) is 0 Å². The Bertz CT molecular complexity index is 308. The van der Waals surface area contributed by atoms with Crippen molar-refractivity contribution in [1.82, 2.24) is 14.9 Å². The summed E-state index contributed by atoms with van der Waals surface area (Å²) in [6.45, 7) is 3.02. The summed E-state index contributed by atoms with van der Waals surface area (Å²) in [7, 11) is -0.634. The Balaban J connectivity index is 1.58. The lowest BCUT2D eigenvalue weighted by atomic mass is 10.1. The number of hydrogen-bond acceptors (Lipinski definition) is 3. The molecule has 1 aliphatic heterocycles. The van der Waals surface area contributed by atoms with Crippen molar-refractivity contribution < 1.29 is 4.21 Å². The van der Waals surface area contributed by atoms with E-state index in [0.717, 1.165) is 37.6 Å². The van der Waals surface area contributed by atoms with Crippen LogP contribution in [0.2, 0.25) is 0 Å². The second-order valence-corrected chi connectivity index (χ2v) is 5.61. The third-order valence-electron chi connectivity index (χ3n) is 2.64. The van der Waals surface area contributed by atoms with Crippen molar-refractivity contribution in [3.63, 3.8) is 0 Å². The van der Waals surface area contributed by atoms with Gasteiger partial charge in [0.25, 0.3) is 0 Å². The lowest BCUT2D eigenvalue weighted by Crippen LogP contribution is -2.45. The molecule has 15 heavy (non-hydrogen) atoms. The van der Waals surface area contributed by atoms with Crippen LogP contribution in [0.5, 0.6) is 0 Å². The van der Waals surface area contributed by atoms with Crippen LogP contribution >= 0.6 is 0 Å². The van der Waals surface area contributed by atoms with Crippen LogP contribution < -0.4 is 5.32 Å². The molecule has 2 rings (SSSR count). The fraction of sp³-hybridized carbons (Fsp3) is 0.700. The maximum absolute atomic E-state index is 11.6. The Kier molecular flexibility index (Phi) is 3.91. The summed E-state index contributed by atoms with van der Waals surface area (Å²) >= 11 is 0. The average Bonchev–Trinajstić information content (AvgIpc) is 2.64. The van der Waals surface area contributed by atoms with Gasteiger partial charge in [0.2, 0.25) is 0 Å². The zero-order valence-corrected chi connectivity index (χ0v) is 9.58. The molecule has 5 heteroatoms. The molecule has 0 radical (unpaired) electrons. The van der Waals surface area contributed by atoms with Crippen LogP contribution in [0.1, 0.15) is 6.42 Å². The Morgan fingerprint density at radius 3 is 3.00 bits per heavy atom. The van der Waals surface area contributed by atoms with Crippen molar-refractivity contribution in [2.24, 2.45) is 5.92 Å². The second kappa shape index (κ2) is 5.42. The van der Waals surface area contributed by atoms with Crippen LogP contribution in [-0.4, -0.2) is 38.4 Å². The van der Waals surface area contributed by atoms with Crippen LogP contribution in [-0.2, 0) is 17.3 Å². The predicted octanol–water partition coefficient (Wildman–Crippen LogP) is 0.241. The summed E-state index contributed by atoms with van der Waals surface area (Å²) < 4.78 is 13.7. The Morgan fingerprint density at radius 2 is 2.40 bits per heavy atom. The lowest BCUT2D eigenvalue weighted by Gasteiger charge is -2.26. The van der Waals surface area contributed by atoms with Crippen LogP contribution in [0.25, 0.3) is 0 Å². The number of hydrogen-bond donors (Lipinski definition) is 1. The molecule has 1 atom stereocenters. The molecule has 84 valence electrons. The van der Waals surface area contributed by atoms with E-state index in [0.29, 0.717) is 5.92 Å². The number of nitrogens with zero attached hydrogens (tertiary/aromatic N) is 2. The molecule has 2 heterocycles. The number of rotatable bonds is 6. The first kappa shape index (κ1) is 10.8. The minimum absolute atomic E-state index is 0.634. The smallest absolute Gasteiger partial charge is 0.0945 e. The summed E-state index contributed by atoms with van der Waals surface area (Å²) in [6.07, 6.45) is 6.50. The van der Waals surface area contributed by atoms with E-state index in [1.54, 1.807) is 12.5 Å². The minimum atomic E-state index is -0.634. The number of aromatic nitrogens is 2. The molecular formula is C10H17N3OS. The highest BCUT2D eigenvalue weighted by Crippen LogP contribution is 2.05. The zero-order chi connectivity index (χ0) is 10.5. The number of nitrogens with one attached hydrogen (secondary N) is 1. The summed E-state index contributed by atoms with van der Waals surface area (Å²) in [5.41, 5.74) is 0. The summed E-state index contributed by atoms with van der Waals surface area (Å²) in [5.74, 6) is 2.34. The van der Waals surface area contributed by atoms with Gasteiger partial charge in [-0.3, -0.25) is 4.21 Å². The van der Waals surface area contributed by atoms with Gasteiger partial charge in [-0.1, -0.05) is 0 Å². The van der Waals surface area contributed by atoms with Crippen molar-refractivity contribution in [3.8, 4) is 0 Å². The van der Waals surface area contributed by atoms with Crippen LogP contribution in [0.4, 0.5) is 0 Å². The van der Waals surface area contributed by atoms with Crippen molar-refractivity contribution in [3.05, 3.63) is 18.7 Å². The quantitative estimate of drug-likeness (QED) is 0.757. The topological polar surface area (TPSA) is 46.9 Å². The highest BCUT2D eigenvalue weighted by atomic mass is 32.2. The molecule has 1 unspecified atom stereocenters. The van der Waals surface area contributed by atoms with E-state index in [1.807, 2.05) is 10.8 Å². The van der Waals surface area contributed by atoms with Gasteiger partial charge in [-0.25, -0.2) is 4.98 Å². The van der Waals surface area contributed by atoms with Crippen molar-refractivity contribution in [2.75, 3.05) is 24.6 Å². The summed E-state index contributed by atoms with van der Waals surface area (Å²) in [5, 5.41) is 3.20. The third-order valence-corrected chi connectivity index (χ3v) is 4.22. The molecule has 0 saturated carbocycles. The molecule has 0 bridgehead atoms. The standard InChI is InChI=1S/C10H17N3OS/c14-15(8-10-6-12-7-10)5-1-3-13-4-2-11-9-13/h2,4,9-10,12H,1,3,5-8H2. The number of imidazole rings is 1. The van der Waals surface area contributed by atoms with E-state index < -0.39 is 10.8 Å². The zero-order valence-electron chi connectivity index (χ0n) is 8.76. The van der Waals surface area contributed by atoms with Gasteiger partial charge in [-0.15, -0.1) is 0 Å². The van der Waals surface area contributed by atoms with Gasteiger partial charge in [0, 0.05) is 54.3 Å². The molecule has 0 aromatic carbocycles. The molecule has 1 N–H and O–H groups in total. The van der Waals surface area contributed by atoms with Gasteiger partial charge in [0.05, 0.1) is 6.33 Å². The highest BCUT2D eigenvalue weighted by Gasteiger charge is 2.18. The molecule has 0 spiro atoms.